The number of rotatable bonds is 3. The van der Waals surface area contributed by atoms with E-state index in [1.54, 1.807) is 19.1 Å². The lowest BCUT2D eigenvalue weighted by atomic mass is 10.2. The van der Waals surface area contributed by atoms with E-state index in [4.69, 9.17) is 0 Å². The Labute approximate surface area is 114 Å². The smallest absolute Gasteiger partial charge is 0.325 e. The van der Waals surface area contributed by atoms with Crippen LogP contribution in [0.15, 0.2) is 18.2 Å². The number of hydrogen-bond donors (Lipinski definition) is 3. The topological polar surface area (TPSA) is 87.1 Å². The van der Waals surface area contributed by atoms with Gasteiger partial charge in [0.25, 0.3) is 0 Å². The number of phenolic OH excluding ortho intramolecular Hbond substituents is 1. The van der Waals surface area contributed by atoms with Gasteiger partial charge < -0.3 is 10.4 Å². The Morgan fingerprint density at radius 2 is 2.16 bits per heavy atom. The summed E-state index contributed by atoms with van der Waals surface area (Å²) in [6, 6.07) is 4.46. The molecule has 0 aliphatic rings. The molecule has 1 aromatic heterocycles. The molecule has 0 bridgehead atoms. The molecule has 7 heteroatoms. The maximum absolute atomic E-state index is 11.7. The van der Waals surface area contributed by atoms with E-state index in [2.05, 4.69) is 20.8 Å². The molecule has 2 aromatic rings. The van der Waals surface area contributed by atoms with E-state index in [0.29, 0.717) is 16.4 Å². The van der Waals surface area contributed by atoms with Crippen molar-refractivity contribution in [2.45, 2.75) is 20.3 Å². The minimum atomic E-state index is -0.385. The second-order valence-corrected chi connectivity index (χ2v) is 5.00. The van der Waals surface area contributed by atoms with Crippen LogP contribution in [0.2, 0.25) is 0 Å². The van der Waals surface area contributed by atoms with Crippen LogP contribution in [0.3, 0.4) is 0 Å². The van der Waals surface area contributed by atoms with Gasteiger partial charge in [0, 0.05) is 5.69 Å². The summed E-state index contributed by atoms with van der Waals surface area (Å²) >= 11 is 1.34. The second kappa shape index (κ2) is 5.66. The number of urea groups is 1. The molecule has 0 fully saturated rings. The van der Waals surface area contributed by atoms with Gasteiger partial charge in [-0.15, -0.1) is 10.2 Å². The largest absolute Gasteiger partial charge is 0.508 e. The number of amides is 2. The maximum Gasteiger partial charge on any atom is 0.325 e. The minimum absolute atomic E-state index is 0.197. The molecule has 0 aliphatic carbocycles. The van der Waals surface area contributed by atoms with Crippen LogP contribution in [0.25, 0.3) is 0 Å². The highest BCUT2D eigenvalue weighted by molar-refractivity contribution is 7.15. The molecule has 0 unspecified atom stereocenters. The monoisotopic (exact) mass is 278 g/mol. The van der Waals surface area contributed by atoms with Gasteiger partial charge in [0.2, 0.25) is 5.13 Å². The third-order valence-electron chi connectivity index (χ3n) is 2.44. The van der Waals surface area contributed by atoms with Crippen LogP contribution in [0.5, 0.6) is 5.75 Å². The minimum Gasteiger partial charge on any atom is -0.508 e. The van der Waals surface area contributed by atoms with Crippen LogP contribution < -0.4 is 10.6 Å². The fourth-order valence-electron chi connectivity index (χ4n) is 1.44. The van der Waals surface area contributed by atoms with E-state index < -0.39 is 0 Å². The van der Waals surface area contributed by atoms with E-state index in [-0.39, 0.29) is 11.8 Å². The van der Waals surface area contributed by atoms with Crippen LogP contribution in [0.4, 0.5) is 15.6 Å². The molecule has 1 heterocycles. The third-order valence-corrected chi connectivity index (χ3v) is 3.43. The molecule has 0 saturated heterocycles. The lowest BCUT2D eigenvalue weighted by Gasteiger charge is -2.06. The van der Waals surface area contributed by atoms with Gasteiger partial charge in [-0.25, -0.2) is 4.79 Å². The molecule has 2 rings (SSSR count). The number of nitrogens with one attached hydrogen (secondary N) is 2. The summed E-state index contributed by atoms with van der Waals surface area (Å²) in [6.45, 7) is 3.74. The van der Waals surface area contributed by atoms with Gasteiger partial charge in [-0.2, -0.15) is 0 Å². The van der Waals surface area contributed by atoms with Crippen molar-refractivity contribution in [1.82, 2.24) is 10.2 Å². The van der Waals surface area contributed by atoms with Crippen LogP contribution in [0.1, 0.15) is 17.5 Å². The highest BCUT2D eigenvalue weighted by Gasteiger charge is 2.08. The molecule has 1 aromatic carbocycles. The summed E-state index contributed by atoms with van der Waals surface area (Å²) in [5.41, 5.74) is 1.30. The zero-order valence-electron chi connectivity index (χ0n) is 10.6. The van der Waals surface area contributed by atoms with E-state index in [1.165, 1.54) is 17.4 Å². The van der Waals surface area contributed by atoms with E-state index in [9.17, 15) is 9.90 Å². The number of phenols is 1. The number of aromatic hydroxyl groups is 1. The zero-order valence-corrected chi connectivity index (χ0v) is 11.4. The average Bonchev–Trinajstić information content (AvgIpc) is 2.81. The van der Waals surface area contributed by atoms with Gasteiger partial charge in [0.15, 0.2) is 0 Å². The molecule has 2 amide bonds. The van der Waals surface area contributed by atoms with E-state index in [1.807, 2.05) is 6.92 Å². The Bertz CT molecular complexity index is 597. The Morgan fingerprint density at radius 1 is 1.37 bits per heavy atom. The van der Waals surface area contributed by atoms with E-state index in [0.717, 1.165) is 11.4 Å². The highest BCUT2D eigenvalue weighted by atomic mass is 32.1. The number of anilines is 2. The fraction of sp³-hybridized carbons (Fsp3) is 0.250. The molecule has 6 nitrogen and oxygen atoms in total. The van der Waals surface area contributed by atoms with Crippen molar-refractivity contribution in [2.75, 3.05) is 10.6 Å². The van der Waals surface area contributed by atoms with Crippen molar-refractivity contribution in [3.05, 3.63) is 28.8 Å². The predicted octanol–water partition coefficient (Wildman–Crippen LogP) is 2.76. The van der Waals surface area contributed by atoms with Crippen LogP contribution >= 0.6 is 11.3 Å². The molecule has 19 heavy (non-hydrogen) atoms. The van der Waals surface area contributed by atoms with Gasteiger partial charge >= 0.3 is 6.03 Å². The first-order valence-electron chi connectivity index (χ1n) is 5.78. The Kier molecular flexibility index (Phi) is 3.96. The fourth-order valence-corrected chi connectivity index (χ4v) is 2.11. The molecule has 0 radical (unpaired) electrons. The molecule has 3 N–H and O–H groups in total. The first kappa shape index (κ1) is 13.3. The molecule has 0 aliphatic heterocycles. The highest BCUT2D eigenvalue weighted by Crippen LogP contribution is 2.20. The summed E-state index contributed by atoms with van der Waals surface area (Å²) in [5, 5.41) is 23.8. The van der Waals surface area contributed by atoms with Crippen molar-refractivity contribution < 1.29 is 9.90 Å². The summed E-state index contributed by atoms with van der Waals surface area (Å²) in [4.78, 5) is 11.7. The number of hydrogen-bond acceptors (Lipinski definition) is 5. The van der Waals surface area contributed by atoms with Gasteiger partial charge in [-0.1, -0.05) is 18.3 Å². The predicted molar refractivity (Wildman–Crippen MR) is 74.8 cm³/mol. The molecular weight excluding hydrogens is 264 g/mol. The summed E-state index contributed by atoms with van der Waals surface area (Å²) in [6.07, 6.45) is 0.790. The SMILES string of the molecule is CCc1nnc(NC(=O)Nc2ccc(O)c(C)c2)s1. The van der Waals surface area contributed by atoms with Gasteiger partial charge in [-0.3, -0.25) is 5.32 Å². The first-order valence-corrected chi connectivity index (χ1v) is 6.60. The second-order valence-electron chi connectivity index (χ2n) is 3.93. The van der Waals surface area contributed by atoms with E-state index >= 15 is 0 Å². The van der Waals surface area contributed by atoms with Gasteiger partial charge in [-0.05, 0) is 37.1 Å². The van der Waals surface area contributed by atoms with Gasteiger partial charge in [0.05, 0.1) is 0 Å². The van der Waals surface area contributed by atoms with Crippen molar-refractivity contribution in [2.24, 2.45) is 0 Å². The standard InChI is InChI=1S/C12H14N4O2S/c1-3-10-15-16-12(19-10)14-11(18)13-8-4-5-9(17)7(2)6-8/h4-6,17H,3H2,1-2H3,(H2,13,14,16,18). The maximum atomic E-state index is 11.7. The van der Waals surface area contributed by atoms with Crippen molar-refractivity contribution in [3.63, 3.8) is 0 Å². The van der Waals surface area contributed by atoms with Crippen LogP contribution in [-0.2, 0) is 6.42 Å². The number of carbonyl (C=O) groups excluding carboxylic acids is 1. The quantitative estimate of drug-likeness (QED) is 0.753. The Hall–Kier alpha value is -2.15. The third kappa shape index (κ3) is 3.41. The van der Waals surface area contributed by atoms with Crippen molar-refractivity contribution >= 4 is 28.2 Å². The lowest BCUT2D eigenvalue weighted by Crippen LogP contribution is -2.19. The number of aromatic nitrogens is 2. The number of carbonyl (C=O) groups is 1. The van der Waals surface area contributed by atoms with Gasteiger partial charge in [0.1, 0.15) is 10.8 Å². The molecular formula is C12H14N4O2S. The Morgan fingerprint density at radius 3 is 2.79 bits per heavy atom. The number of aryl methyl sites for hydroxylation is 2. The van der Waals surface area contributed by atoms with Crippen LogP contribution in [-0.4, -0.2) is 21.3 Å². The summed E-state index contributed by atoms with van der Waals surface area (Å²) < 4.78 is 0. The molecule has 0 saturated carbocycles. The Balaban J connectivity index is 1.98. The van der Waals surface area contributed by atoms with Crippen LogP contribution in [0, 0.1) is 6.92 Å². The van der Waals surface area contributed by atoms with Crippen molar-refractivity contribution in [3.8, 4) is 5.75 Å². The molecule has 100 valence electrons. The molecule has 0 atom stereocenters. The number of nitrogens with zero attached hydrogens (tertiary/aromatic N) is 2. The lowest BCUT2D eigenvalue weighted by molar-refractivity contribution is 0.262. The molecule has 0 spiro atoms. The first-order chi connectivity index (χ1) is 9.08. The van der Waals surface area contributed by atoms with Crippen molar-refractivity contribution in [1.29, 1.82) is 0 Å². The normalized spacial score (nSPS) is 10.2. The summed E-state index contributed by atoms with van der Waals surface area (Å²) in [5.74, 6) is 0.197. The average molecular weight is 278 g/mol. The number of benzene rings is 1. The zero-order chi connectivity index (χ0) is 13.8. The summed E-state index contributed by atoms with van der Waals surface area (Å²) in [7, 11) is 0.